The van der Waals surface area contributed by atoms with Gasteiger partial charge >= 0.3 is 0 Å². The van der Waals surface area contributed by atoms with Crippen LogP contribution in [0.5, 0.6) is 5.75 Å². The Hall–Kier alpha value is -3.09. The van der Waals surface area contributed by atoms with Gasteiger partial charge in [-0.25, -0.2) is 0 Å². The fraction of sp³-hybridized carbons (Fsp3) is 0.484. The molecule has 40 heavy (non-hydrogen) atoms. The Morgan fingerprint density at radius 3 is 2.35 bits per heavy atom. The van der Waals surface area contributed by atoms with Gasteiger partial charge in [0.05, 0.1) is 12.0 Å². The number of anilines is 1. The minimum Gasteiger partial charge on any atom is -0.497 e. The van der Waals surface area contributed by atoms with Gasteiger partial charge in [0, 0.05) is 25.2 Å². The number of pyridine rings is 1. The highest BCUT2D eigenvalue weighted by molar-refractivity contribution is 8.26. The quantitative estimate of drug-likeness (QED) is 0.138. The van der Waals surface area contributed by atoms with E-state index in [0.29, 0.717) is 45.8 Å². The Morgan fingerprint density at radius 2 is 1.70 bits per heavy atom. The summed E-state index contributed by atoms with van der Waals surface area (Å²) >= 11 is 6.86. The van der Waals surface area contributed by atoms with Crippen molar-refractivity contribution in [3.8, 4) is 11.8 Å². The smallest absolute Gasteiger partial charge is 0.270 e. The molecule has 0 aliphatic carbocycles. The van der Waals surface area contributed by atoms with Crippen molar-refractivity contribution in [2.24, 2.45) is 0 Å². The number of thioether (sulfide) groups is 1. The lowest BCUT2D eigenvalue weighted by atomic mass is 10.0. The second-order valence-electron chi connectivity index (χ2n) is 9.99. The summed E-state index contributed by atoms with van der Waals surface area (Å²) in [5.41, 5.74) is 2.01. The summed E-state index contributed by atoms with van der Waals surface area (Å²) in [6, 6.07) is 9.81. The van der Waals surface area contributed by atoms with Crippen LogP contribution in [0.1, 0.15) is 87.5 Å². The molecule has 1 N–H and O–H groups in total. The van der Waals surface area contributed by atoms with Crippen molar-refractivity contribution in [1.82, 2.24) is 9.47 Å². The molecule has 2 aromatic rings. The largest absolute Gasteiger partial charge is 0.497 e. The molecule has 1 aliphatic rings. The number of rotatable bonds is 15. The molecule has 9 heteroatoms. The molecule has 1 amide bonds. The lowest BCUT2D eigenvalue weighted by molar-refractivity contribution is -0.122. The topological polar surface area (TPSA) is 87.4 Å². The standard InChI is InChI=1S/C31H40N4O3S2/c1-5-7-9-10-11-12-18-35-30(37)27(40-31(35)39)19-25-22(3)26(20-32)29(36)34(17-8-6-2)28(25)33-21-23-13-15-24(38-4)16-14-23/h13-16,19,33H,5-12,17-18,21H2,1-4H3/b27-19+. The van der Waals surface area contributed by atoms with Crippen molar-refractivity contribution in [1.29, 1.82) is 5.26 Å². The van der Waals surface area contributed by atoms with E-state index in [1.165, 1.54) is 31.0 Å². The molecule has 1 fully saturated rings. The molecule has 0 spiro atoms. The molecule has 3 rings (SSSR count). The SMILES string of the molecule is CCCCCCCCN1C(=O)/C(=C\c2c(C)c(C#N)c(=O)n(CCCC)c2NCc2ccc(OC)cc2)SC1=S. The minimum absolute atomic E-state index is 0.0971. The number of methoxy groups -OCH3 is 1. The number of nitrogens with zero attached hydrogens (tertiary/aromatic N) is 3. The molecule has 0 radical (unpaired) electrons. The Labute approximate surface area is 247 Å². The van der Waals surface area contributed by atoms with Crippen LogP contribution in [0.2, 0.25) is 0 Å². The summed E-state index contributed by atoms with van der Waals surface area (Å²) in [6.45, 7) is 7.56. The zero-order valence-corrected chi connectivity index (χ0v) is 25.7. The van der Waals surface area contributed by atoms with Crippen LogP contribution < -0.4 is 15.6 Å². The van der Waals surface area contributed by atoms with E-state index in [1.807, 2.05) is 24.3 Å². The van der Waals surface area contributed by atoms with Gasteiger partial charge in [-0.05, 0) is 49.1 Å². The van der Waals surface area contributed by atoms with Gasteiger partial charge < -0.3 is 10.1 Å². The number of ether oxygens (including phenoxy) is 1. The van der Waals surface area contributed by atoms with Crippen LogP contribution in [-0.4, -0.2) is 33.3 Å². The number of benzene rings is 1. The van der Waals surface area contributed by atoms with Crippen LogP contribution in [0, 0.1) is 18.3 Å². The highest BCUT2D eigenvalue weighted by atomic mass is 32.2. The summed E-state index contributed by atoms with van der Waals surface area (Å²) in [5.74, 6) is 1.25. The third-order valence-corrected chi connectivity index (χ3v) is 8.49. The molecule has 0 saturated carbocycles. The van der Waals surface area contributed by atoms with Crippen molar-refractivity contribution in [3.05, 3.63) is 61.8 Å². The molecule has 0 unspecified atom stereocenters. The molecule has 2 heterocycles. The predicted molar refractivity (Wildman–Crippen MR) is 169 cm³/mol. The average Bonchev–Trinajstić information content (AvgIpc) is 3.22. The number of carbonyl (C=O) groups excluding carboxylic acids is 1. The number of nitriles is 1. The third-order valence-electron chi connectivity index (χ3n) is 7.11. The van der Waals surface area contributed by atoms with Gasteiger partial charge in [-0.2, -0.15) is 5.26 Å². The fourth-order valence-electron chi connectivity index (χ4n) is 4.69. The number of hydrogen-bond acceptors (Lipinski definition) is 7. The van der Waals surface area contributed by atoms with E-state index in [4.69, 9.17) is 17.0 Å². The van der Waals surface area contributed by atoms with Crippen LogP contribution in [0.4, 0.5) is 5.82 Å². The molecule has 1 aliphatic heterocycles. The number of nitrogens with one attached hydrogen (secondary N) is 1. The zero-order valence-electron chi connectivity index (χ0n) is 24.0. The maximum Gasteiger partial charge on any atom is 0.270 e. The van der Waals surface area contributed by atoms with E-state index in [0.717, 1.165) is 43.4 Å². The molecule has 1 aromatic carbocycles. The number of amides is 1. The van der Waals surface area contributed by atoms with Crippen LogP contribution in [0.25, 0.3) is 6.08 Å². The number of thiocarbonyl (C=S) groups is 1. The summed E-state index contributed by atoms with van der Waals surface area (Å²) in [6.07, 6.45) is 10.3. The first kappa shape index (κ1) is 31.4. The first-order chi connectivity index (χ1) is 19.4. The van der Waals surface area contributed by atoms with Gasteiger partial charge in [0.2, 0.25) is 0 Å². The molecular weight excluding hydrogens is 541 g/mol. The van der Waals surface area contributed by atoms with E-state index in [9.17, 15) is 14.9 Å². The summed E-state index contributed by atoms with van der Waals surface area (Å²) in [4.78, 5) is 29.0. The van der Waals surface area contributed by atoms with Gasteiger partial charge in [0.1, 0.15) is 27.5 Å². The Balaban J connectivity index is 1.96. The van der Waals surface area contributed by atoms with Crippen molar-refractivity contribution >= 4 is 46.1 Å². The average molecular weight is 581 g/mol. The highest BCUT2D eigenvalue weighted by Gasteiger charge is 2.32. The number of unbranched alkanes of at least 4 members (excludes halogenated alkanes) is 6. The zero-order chi connectivity index (χ0) is 29.1. The molecular formula is C31H40N4O3S2. The molecule has 1 aromatic heterocycles. The maximum absolute atomic E-state index is 13.4. The van der Waals surface area contributed by atoms with E-state index in [2.05, 4.69) is 25.2 Å². The highest BCUT2D eigenvalue weighted by Crippen LogP contribution is 2.35. The summed E-state index contributed by atoms with van der Waals surface area (Å²) in [5, 5.41) is 13.3. The number of carbonyl (C=O) groups is 1. The second-order valence-corrected chi connectivity index (χ2v) is 11.7. The third kappa shape index (κ3) is 7.76. The first-order valence-electron chi connectivity index (χ1n) is 14.2. The number of hydrogen-bond donors (Lipinski definition) is 1. The van der Waals surface area contributed by atoms with E-state index in [1.54, 1.807) is 29.6 Å². The lowest BCUT2D eigenvalue weighted by Gasteiger charge is -2.20. The number of aromatic nitrogens is 1. The van der Waals surface area contributed by atoms with Crippen LogP contribution in [-0.2, 0) is 17.9 Å². The van der Waals surface area contributed by atoms with Gasteiger partial charge in [-0.1, -0.05) is 88.5 Å². The first-order valence-corrected chi connectivity index (χ1v) is 15.4. The Bertz CT molecular complexity index is 1330. The Morgan fingerprint density at radius 1 is 1.02 bits per heavy atom. The van der Waals surface area contributed by atoms with Gasteiger partial charge in [0.15, 0.2) is 0 Å². The van der Waals surface area contributed by atoms with Crippen molar-refractivity contribution < 1.29 is 9.53 Å². The van der Waals surface area contributed by atoms with Crippen LogP contribution in [0.3, 0.4) is 0 Å². The minimum atomic E-state index is -0.321. The summed E-state index contributed by atoms with van der Waals surface area (Å²) < 4.78 is 7.46. The second kappa shape index (κ2) is 15.6. The normalized spacial score (nSPS) is 14.2. The van der Waals surface area contributed by atoms with E-state index in [-0.39, 0.29) is 17.0 Å². The molecule has 214 valence electrons. The predicted octanol–water partition coefficient (Wildman–Crippen LogP) is 7.01. The van der Waals surface area contributed by atoms with E-state index >= 15 is 0 Å². The van der Waals surface area contributed by atoms with Gasteiger partial charge in [-0.3, -0.25) is 19.1 Å². The molecule has 0 bridgehead atoms. The molecule has 1 saturated heterocycles. The maximum atomic E-state index is 13.4. The van der Waals surface area contributed by atoms with Crippen molar-refractivity contribution in [2.45, 2.75) is 85.2 Å². The van der Waals surface area contributed by atoms with E-state index < -0.39 is 0 Å². The fourth-order valence-corrected chi connectivity index (χ4v) is 5.98. The Kier molecular flexibility index (Phi) is 12.3. The molecule has 7 nitrogen and oxygen atoms in total. The van der Waals surface area contributed by atoms with Crippen molar-refractivity contribution in [3.63, 3.8) is 0 Å². The van der Waals surface area contributed by atoms with Gasteiger partial charge in [0.25, 0.3) is 11.5 Å². The van der Waals surface area contributed by atoms with Gasteiger partial charge in [-0.15, -0.1) is 0 Å². The monoisotopic (exact) mass is 580 g/mol. The summed E-state index contributed by atoms with van der Waals surface area (Å²) in [7, 11) is 1.63. The molecule has 0 atom stereocenters. The van der Waals surface area contributed by atoms with Crippen LogP contribution >= 0.6 is 24.0 Å². The van der Waals surface area contributed by atoms with Crippen molar-refractivity contribution in [2.75, 3.05) is 19.0 Å². The van der Waals surface area contributed by atoms with Crippen LogP contribution in [0.15, 0.2) is 34.0 Å². The lowest BCUT2D eigenvalue weighted by Crippen LogP contribution is -2.29.